The lowest BCUT2D eigenvalue weighted by molar-refractivity contribution is 0.605. The Hall–Kier alpha value is -1.25. The van der Waals surface area contributed by atoms with Crippen molar-refractivity contribution in [3.05, 3.63) is 29.8 Å². The van der Waals surface area contributed by atoms with Crippen molar-refractivity contribution < 1.29 is 8.42 Å². The van der Waals surface area contributed by atoms with Crippen molar-refractivity contribution in [2.75, 3.05) is 9.93 Å². The number of anilines is 1. The normalized spacial score (nSPS) is 10.6. The number of hydrogen-bond donors (Lipinski definition) is 1. The SMILES string of the molecule is N#Cc1ccc(NS(=O)(=O)CCl)cc1. The van der Waals surface area contributed by atoms with E-state index >= 15 is 0 Å². The van der Waals surface area contributed by atoms with Crippen LogP contribution in [-0.2, 0) is 10.0 Å². The lowest BCUT2D eigenvalue weighted by Gasteiger charge is -2.04. The molecule has 0 unspecified atom stereocenters. The van der Waals surface area contributed by atoms with E-state index in [9.17, 15) is 8.42 Å². The van der Waals surface area contributed by atoms with Gasteiger partial charge >= 0.3 is 0 Å². The van der Waals surface area contributed by atoms with Gasteiger partial charge in [-0.2, -0.15) is 5.26 Å². The van der Waals surface area contributed by atoms with Crippen LogP contribution in [-0.4, -0.2) is 13.6 Å². The lowest BCUT2D eigenvalue weighted by Crippen LogP contribution is -2.13. The molecule has 0 amide bonds. The Morgan fingerprint density at radius 3 is 2.36 bits per heavy atom. The van der Waals surface area contributed by atoms with Crippen LogP contribution in [0.15, 0.2) is 24.3 Å². The number of nitrogens with one attached hydrogen (secondary N) is 1. The van der Waals surface area contributed by atoms with Crippen molar-refractivity contribution in [3.63, 3.8) is 0 Å². The summed E-state index contributed by atoms with van der Waals surface area (Å²) in [4.78, 5) is 0. The van der Waals surface area contributed by atoms with Gasteiger partial charge in [0, 0.05) is 5.69 Å². The van der Waals surface area contributed by atoms with Crippen LogP contribution < -0.4 is 4.72 Å². The largest absolute Gasteiger partial charge is 0.283 e. The summed E-state index contributed by atoms with van der Waals surface area (Å²) < 4.78 is 24.3. The minimum absolute atomic E-state index is 0.393. The van der Waals surface area contributed by atoms with Crippen molar-refractivity contribution in [1.29, 1.82) is 5.26 Å². The number of rotatable bonds is 3. The summed E-state index contributed by atoms with van der Waals surface area (Å²) in [6, 6.07) is 7.97. The van der Waals surface area contributed by atoms with Crippen LogP contribution in [0.4, 0.5) is 5.69 Å². The number of sulfonamides is 1. The third-order valence-corrected chi connectivity index (χ3v) is 3.13. The first-order valence-corrected chi connectivity index (χ1v) is 5.83. The van der Waals surface area contributed by atoms with Crippen molar-refractivity contribution in [2.24, 2.45) is 0 Å². The van der Waals surface area contributed by atoms with Gasteiger partial charge in [-0.25, -0.2) is 8.42 Å². The molecule has 0 aromatic heterocycles. The van der Waals surface area contributed by atoms with Crippen LogP contribution in [0.25, 0.3) is 0 Å². The van der Waals surface area contributed by atoms with Crippen molar-refractivity contribution in [1.82, 2.24) is 0 Å². The maximum absolute atomic E-state index is 11.0. The molecule has 1 aromatic rings. The van der Waals surface area contributed by atoms with Crippen LogP contribution in [0.3, 0.4) is 0 Å². The predicted octanol–water partition coefficient (Wildman–Crippen LogP) is 1.50. The van der Waals surface area contributed by atoms with Gasteiger partial charge in [0.25, 0.3) is 0 Å². The summed E-state index contributed by atoms with van der Waals surface area (Å²) in [5.74, 6) is 0. The van der Waals surface area contributed by atoms with E-state index in [0.717, 1.165) is 0 Å². The molecule has 0 saturated heterocycles. The zero-order valence-electron chi connectivity index (χ0n) is 7.07. The monoisotopic (exact) mass is 230 g/mol. The van der Waals surface area contributed by atoms with Crippen LogP contribution in [0.2, 0.25) is 0 Å². The topological polar surface area (TPSA) is 70.0 Å². The maximum Gasteiger partial charge on any atom is 0.246 e. The molecule has 74 valence electrons. The van der Waals surface area contributed by atoms with E-state index in [-0.39, 0.29) is 0 Å². The molecule has 1 aromatic carbocycles. The van der Waals surface area contributed by atoms with E-state index < -0.39 is 15.2 Å². The van der Waals surface area contributed by atoms with Gasteiger partial charge in [0.2, 0.25) is 10.0 Å². The number of nitrogens with zero attached hydrogens (tertiary/aromatic N) is 1. The summed E-state index contributed by atoms with van der Waals surface area (Å²) in [5, 5.41) is 8.00. The average molecular weight is 231 g/mol. The first-order chi connectivity index (χ1) is 6.57. The van der Waals surface area contributed by atoms with Crippen molar-refractivity contribution in [3.8, 4) is 6.07 Å². The number of halogens is 1. The predicted molar refractivity (Wildman–Crippen MR) is 54.4 cm³/mol. The van der Waals surface area contributed by atoms with Crippen LogP contribution in [0.1, 0.15) is 5.56 Å². The van der Waals surface area contributed by atoms with E-state index in [1.807, 2.05) is 6.07 Å². The molecule has 0 fully saturated rings. The van der Waals surface area contributed by atoms with Crippen LogP contribution in [0, 0.1) is 11.3 Å². The molecular formula is C8H7ClN2O2S. The van der Waals surface area contributed by atoms with E-state index in [1.165, 1.54) is 24.3 Å². The van der Waals surface area contributed by atoms with Gasteiger partial charge in [-0.1, -0.05) is 0 Å². The molecular weight excluding hydrogens is 224 g/mol. The highest BCUT2D eigenvalue weighted by Gasteiger charge is 2.07. The molecule has 0 bridgehead atoms. The van der Waals surface area contributed by atoms with Crippen molar-refractivity contribution in [2.45, 2.75) is 0 Å². The maximum atomic E-state index is 11.0. The Kier molecular flexibility index (Phi) is 3.33. The standard InChI is InChI=1S/C8H7ClN2O2S/c9-6-14(12,13)11-8-3-1-7(5-10)2-4-8/h1-4,11H,6H2. The van der Waals surface area contributed by atoms with Crippen LogP contribution in [0.5, 0.6) is 0 Å². The van der Waals surface area contributed by atoms with Gasteiger partial charge in [-0.05, 0) is 24.3 Å². The molecule has 0 heterocycles. The second kappa shape index (κ2) is 4.31. The molecule has 1 N–H and O–H groups in total. The molecule has 0 radical (unpaired) electrons. The summed E-state index contributed by atoms with van der Waals surface area (Å²) >= 11 is 5.20. The Labute approximate surface area is 87.2 Å². The number of nitriles is 1. The van der Waals surface area contributed by atoms with Gasteiger partial charge in [0.05, 0.1) is 11.6 Å². The summed E-state index contributed by atoms with van der Waals surface area (Å²) in [5.41, 5.74) is 0.864. The van der Waals surface area contributed by atoms with Crippen LogP contribution >= 0.6 is 11.6 Å². The highest BCUT2D eigenvalue weighted by Crippen LogP contribution is 2.11. The third-order valence-electron chi connectivity index (χ3n) is 1.43. The van der Waals surface area contributed by atoms with Gasteiger partial charge in [0.15, 0.2) is 0 Å². The highest BCUT2D eigenvalue weighted by atomic mass is 35.5. The first kappa shape index (κ1) is 10.8. The minimum atomic E-state index is -3.46. The highest BCUT2D eigenvalue weighted by molar-refractivity contribution is 7.93. The van der Waals surface area contributed by atoms with Gasteiger partial charge < -0.3 is 0 Å². The summed E-state index contributed by atoms with van der Waals surface area (Å²) in [6.45, 7) is 0. The second-order valence-electron chi connectivity index (χ2n) is 2.52. The second-order valence-corrected chi connectivity index (χ2v) is 4.82. The average Bonchev–Trinajstić information content (AvgIpc) is 2.19. The van der Waals surface area contributed by atoms with Crippen molar-refractivity contribution >= 4 is 27.3 Å². The zero-order chi connectivity index (χ0) is 10.6. The van der Waals surface area contributed by atoms with E-state index in [2.05, 4.69) is 4.72 Å². The fourth-order valence-electron chi connectivity index (χ4n) is 0.820. The Morgan fingerprint density at radius 2 is 1.93 bits per heavy atom. The molecule has 14 heavy (non-hydrogen) atoms. The Bertz CT molecular complexity index is 447. The smallest absolute Gasteiger partial charge is 0.246 e. The third kappa shape index (κ3) is 2.91. The summed E-state index contributed by atoms with van der Waals surface area (Å²) in [7, 11) is -3.46. The van der Waals surface area contributed by atoms with Gasteiger partial charge in [0.1, 0.15) is 5.21 Å². The molecule has 1 rings (SSSR count). The minimum Gasteiger partial charge on any atom is -0.283 e. The summed E-state index contributed by atoms with van der Waals surface area (Å²) in [6.07, 6.45) is 0. The van der Waals surface area contributed by atoms with E-state index in [4.69, 9.17) is 16.9 Å². The molecule has 4 nitrogen and oxygen atoms in total. The molecule has 0 aliphatic rings. The van der Waals surface area contributed by atoms with E-state index in [1.54, 1.807) is 0 Å². The van der Waals surface area contributed by atoms with Gasteiger partial charge in [-0.15, -0.1) is 11.6 Å². The first-order valence-electron chi connectivity index (χ1n) is 3.64. The zero-order valence-corrected chi connectivity index (χ0v) is 8.64. The molecule has 6 heteroatoms. The lowest BCUT2D eigenvalue weighted by atomic mass is 10.2. The molecule has 0 aliphatic carbocycles. The molecule has 0 atom stereocenters. The quantitative estimate of drug-likeness (QED) is 0.800. The Morgan fingerprint density at radius 1 is 1.36 bits per heavy atom. The fraction of sp³-hybridized carbons (Fsp3) is 0.125. The molecule has 0 spiro atoms. The van der Waals surface area contributed by atoms with E-state index in [0.29, 0.717) is 11.3 Å². The Balaban J connectivity index is 2.86. The van der Waals surface area contributed by atoms with Gasteiger partial charge in [-0.3, -0.25) is 4.72 Å². The number of alkyl halides is 1. The fourth-order valence-corrected chi connectivity index (χ4v) is 1.53. The number of benzene rings is 1. The molecule has 0 saturated carbocycles. The number of hydrogen-bond acceptors (Lipinski definition) is 3. The molecule has 0 aliphatic heterocycles.